The van der Waals surface area contributed by atoms with E-state index < -0.39 is 0 Å². The molecule has 1 unspecified atom stereocenters. The van der Waals surface area contributed by atoms with Gasteiger partial charge in [-0.3, -0.25) is 11.3 Å². The van der Waals surface area contributed by atoms with Crippen LogP contribution in [-0.2, 0) is 0 Å². The Bertz CT molecular complexity index is 265. The molecule has 3 N–H and O–H groups in total. The smallest absolute Gasteiger partial charge is 0.0569 e. The first-order valence-corrected chi connectivity index (χ1v) is 7.44. The Balaban J connectivity index is 2.50. The van der Waals surface area contributed by atoms with Crippen LogP contribution in [0.1, 0.15) is 24.9 Å². The Morgan fingerprint density at radius 3 is 2.93 bits per heavy atom. The van der Waals surface area contributed by atoms with Crippen molar-refractivity contribution < 1.29 is 0 Å². The molecule has 14 heavy (non-hydrogen) atoms. The molecule has 1 atom stereocenters. The van der Waals surface area contributed by atoms with Gasteiger partial charge in [-0.05, 0) is 39.0 Å². The van der Waals surface area contributed by atoms with E-state index in [1.807, 2.05) is 11.8 Å². The Kier molecular flexibility index (Phi) is 6.12. The fourth-order valence-electron chi connectivity index (χ4n) is 1.11. The minimum absolute atomic E-state index is 0.257. The Morgan fingerprint density at radius 1 is 1.64 bits per heavy atom. The molecule has 0 aliphatic carbocycles. The zero-order chi connectivity index (χ0) is 10.4. The zero-order valence-corrected chi connectivity index (χ0v) is 11.3. The summed E-state index contributed by atoms with van der Waals surface area (Å²) in [5.41, 5.74) is 4.12. The summed E-state index contributed by atoms with van der Waals surface area (Å²) in [6.07, 6.45) is 1.22. The third kappa shape index (κ3) is 3.55. The van der Waals surface area contributed by atoms with Gasteiger partial charge in [0.1, 0.15) is 0 Å². The van der Waals surface area contributed by atoms with E-state index in [0.29, 0.717) is 0 Å². The summed E-state index contributed by atoms with van der Waals surface area (Å²) >= 11 is 7.15. The Morgan fingerprint density at radius 2 is 2.43 bits per heavy atom. The van der Waals surface area contributed by atoms with Crippen LogP contribution < -0.4 is 11.3 Å². The van der Waals surface area contributed by atoms with Gasteiger partial charge >= 0.3 is 0 Å². The predicted molar refractivity (Wildman–Crippen MR) is 69.7 cm³/mol. The van der Waals surface area contributed by atoms with Crippen molar-refractivity contribution in [3.63, 3.8) is 0 Å². The van der Waals surface area contributed by atoms with Crippen molar-refractivity contribution in [1.29, 1.82) is 0 Å². The lowest BCUT2D eigenvalue weighted by Crippen LogP contribution is -2.29. The highest BCUT2D eigenvalue weighted by Crippen LogP contribution is 2.28. The summed E-state index contributed by atoms with van der Waals surface area (Å²) in [6.45, 7) is 2.19. The molecule has 1 rings (SSSR count). The standard InChI is InChI=1S/C9H15BrN2S2/c1-2-3-13-6-9(12-11)7-4-14-5-8(7)10/h4-5,9,12H,2-3,6,11H2,1H3. The molecular weight excluding hydrogens is 280 g/mol. The topological polar surface area (TPSA) is 38.0 Å². The second-order valence-corrected chi connectivity index (χ2v) is 5.72. The van der Waals surface area contributed by atoms with E-state index >= 15 is 0 Å². The number of rotatable bonds is 6. The molecule has 0 bridgehead atoms. The molecule has 0 saturated carbocycles. The first-order chi connectivity index (χ1) is 6.79. The van der Waals surface area contributed by atoms with E-state index in [0.717, 1.165) is 10.2 Å². The third-order valence-corrected chi connectivity index (χ3v) is 4.87. The largest absolute Gasteiger partial charge is 0.271 e. The zero-order valence-electron chi connectivity index (χ0n) is 8.13. The first-order valence-electron chi connectivity index (χ1n) is 4.55. The predicted octanol–water partition coefficient (Wildman–Crippen LogP) is 3.16. The van der Waals surface area contributed by atoms with Crippen LogP contribution in [0.2, 0.25) is 0 Å². The molecule has 0 aliphatic rings. The van der Waals surface area contributed by atoms with Gasteiger partial charge in [0.25, 0.3) is 0 Å². The molecule has 0 amide bonds. The SMILES string of the molecule is CCCSCC(NN)c1cscc1Br. The number of nitrogens with one attached hydrogen (secondary N) is 1. The van der Waals surface area contributed by atoms with Gasteiger partial charge in [-0.25, -0.2) is 0 Å². The van der Waals surface area contributed by atoms with Crippen molar-refractivity contribution in [3.8, 4) is 0 Å². The minimum Gasteiger partial charge on any atom is -0.271 e. The van der Waals surface area contributed by atoms with Gasteiger partial charge in [0.05, 0.1) is 6.04 Å². The fraction of sp³-hybridized carbons (Fsp3) is 0.556. The molecule has 1 aromatic heterocycles. The quantitative estimate of drug-likeness (QED) is 0.481. The van der Waals surface area contributed by atoms with Crippen molar-refractivity contribution in [3.05, 3.63) is 20.8 Å². The first kappa shape index (κ1) is 12.5. The normalized spacial score (nSPS) is 13.1. The van der Waals surface area contributed by atoms with Gasteiger partial charge in [0.2, 0.25) is 0 Å². The van der Waals surface area contributed by atoms with Gasteiger partial charge < -0.3 is 0 Å². The molecule has 0 aromatic carbocycles. The van der Waals surface area contributed by atoms with Crippen molar-refractivity contribution in [2.75, 3.05) is 11.5 Å². The van der Waals surface area contributed by atoms with Crippen molar-refractivity contribution in [2.45, 2.75) is 19.4 Å². The van der Waals surface area contributed by atoms with Crippen LogP contribution in [0.15, 0.2) is 15.2 Å². The summed E-state index contributed by atoms with van der Waals surface area (Å²) in [6, 6.07) is 0.257. The number of hydrogen-bond donors (Lipinski definition) is 2. The number of halogens is 1. The molecule has 0 saturated heterocycles. The number of hydrazine groups is 1. The Hall–Kier alpha value is 0.450. The highest BCUT2D eigenvalue weighted by molar-refractivity contribution is 9.10. The van der Waals surface area contributed by atoms with E-state index in [-0.39, 0.29) is 6.04 Å². The average Bonchev–Trinajstić information content (AvgIpc) is 2.60. The van der Waals surface area contributed by atoms with E-state index in [1.165, 1.54) is 17.7 Å². The van der Waals surface area contributed by atoms with Crippen LogP contribution in [0.25, 0.3) is 0 Å². The third-order valence-electron chi connectivity index (χ3n) is 1.85. The van der Waals surface area contributed by atoms with Gasteiger partial charge in [0.15, 0.2) is 0 Å². The number of nitrogens with two attached hydrogens (primary N) is 1. The molecule has 2 nitrogen and oxygen atoms in total. The molecule has 1 heterocycles. The lowest BCUT2D eigenvalue weighted by Gasteiger charge is -2.14. The summed E-state index contributed by atoms with van der Waals surface area (Å²) in [5.74, 6) is 7.76. The van der Waals surface area contributed by atoms with Gasteiger partial charge in [0, 0.05) is 15.6 Å². The summed E-state index contributed by atoms with van der Waals surface area (Å²) < 4.78 is 1.16. The maximum atomic E-state index is 5.54. The summed E-state index contributed by atoms with van der Waals surface area (Å²) in [5, 5.41) is 4.23. The van der Waals surface area contributed by atoms with E-state index in [4.69, 9.17) is 5.84 Å². The van der Waals surface area contributed by atoms with Crippen LogP contribution in [-0.4, -0.2) is 11.5 Å². The van der Waals surface area contributed by atoms with Gasteiger partial charge in [-0.2, -0.15) is 23.1 Å². The second-order valence-electron chi connectivity index (χ2n) is 2.97. The van der Waals surface area contributed by atoms with Gasteiger partial charge in [-0.15, -0.1) is 0 Å². The van der Waals surface area contributed by atoms with Crippen molar-refractivity contribution >= 4 is 39.0 Å². The number of thiophene rings is 1. The lowest BCUT2D eigenvalue weighted by molar-refractivity contribution is 0.610. The molecule has 80 valence electrons. The molecule has 0 aliphatic heterocycles. The average molecular weight is 295 g/mol. The molecule has 0 fully saturated rings. The highest BCUT2D eigenvalue weighted by Gasteiger charge is 2.13. The van der Waals surface area contributed by atoms with Crippen molar-refractivity contribution in [1.82, 2.24) is 5.43 Å². The van der Waals surface area contributed by atoms with E-state index in [2.05, 4.69) is 39.0 Å². The maximum absolute atomic E-state index is 5.54. The molecule has 0 spiro atoms. The molecule has 0 radical (unpaired) electrons. The summed E-state index contributed by atoms with van der Waals surface area (Å²) in [4.78, 5) is 0. The monoisotopic (exact) mass is 294 g/mol. The van der Waals surface area contributed by atoms with Crippen LogP contribution in [0, 0.1) is 0 Å². The van der Waals surface area contributed by atoms with E-state index in [1.54, 1.807) is 11.3 Å². The lowest BCUT2D eigenvalue weighted by atomic mass is 10.2. The number of thioether (sulfide) groups is 1. The molecule has 5 heteroatoms. The van der Waals surface area contributed by atoms with E-state index in [9.17, 15) is 0 Å². The van der Waals surface area contributed by atoms with Crippen molar-refractivity contribution in [2.24, 2.45) is 5.84 Å². The minimum atomic E-state index is 0.257. The van der Waals surface area contributed by atoms with Crippen LogP contribution >= 0.6 is 39.0 Å². The number of hydrogen-bond acceptors (Lipinski definition) is 4. The van der Waals surface area contributed by atoms with Crippen LogP contribution in [0.5, 0.6) is 0 Å². The van der Waals surface area contributed by atoms with Gasteiger partial charge in [-0.1, -0.05) is 6.92 Å². The molecule has 1 aromatic rings. The fourth-order valence-corrected chi connectivity index (χ4v) is 3.71. The maximum Gasteiger partial charge on any atom is 0.0569 e. The van der Waals surface area contributed by atoms with Crippen LogP contribution in [0.3, 0.4) is 0 Å². The molecular formula is C9H15BrN2S2. The highest BCUT2D eigenvalue weighted by atomic mass is 79.9. The summed E-state index contributed by atoms with van der Waals surface area (Å²) in [7, 11) is 0. The van der Waals surface area contributed by atoms with Crippen LogP contribution in [0.4, 0.5) is 0 Å². The second kappa shape index (κ2) is 6.85. The Labute approximate surface area is 102 Å².